The molecule has 0 fully saturated rings. The van der Waals surface area contributed by atoms with Gasteiger partial charge in [-0.2, -0.15) is 0 Å². The first kappa shape index (κ1) is 19.4. The van der Waals surface area contributed by atoms with Gasteiger partial charge in [-0.1, -0.05) is 89.6 Å². The van der Waals surface area contributed by atoms with Gasteiger partial charge in [-0.15, -0.1) is 0 Å². The molecule has 4 rings (SSSR count). The molecule has 4 nitrogen and oxygen atoms in total. The molecule has 0 spiro atoms. The van der Waals surface area contributed by atoms with Crippen LogP contribution in [0, 0.1) is 19.3 Å². The molecule has 1 aliphatic rings. The van der Waals surface area contributed by atoms with Crippen LogP contribution < -0.4 is 10.6 Å². The Bertz CT molecular complexity index is 1080. The van der Waals surface area contributed by atoms with Crippen LogP contribution in [-0.4, -0.2) is 11.0 Å². The molecule has 0 saturated carbocycles. The maximum atomic E-state index is 13.5. The minimum Gasteiger partial charge on any atom is -0.305 e. The molecule has 0 radical (unpaired) electrons. The highest BCUT2D eigenvalue weighted by atomic mass is 32.2. The van der Waals surface area contributed by atoms with Crippen LogP contribution in [0.25, 0.3) is 0 Å². The minimum absolute atomic E-state index is 0.191. The number of amides is 1. The van der Waals surface area contributed by atoms with Crippen molar-refractivity contribution < 1.29 is 4.79 Å². The van der Waals surface area contributed by atoms with Crippen molar-refractivity contribution in [2.24, 2.45) is 5.73 Å². The van der Waals surface area contributed by atoms with Gasteiger partial charge in [0.2, 0.25) is 0 Å². The molecule has 3 aromatic rings. The molecule has 1 aliphatic heterocycles. The summed E-state index contributed by atoms with van der Waals surface area (Å²) in [4.78, 5) is 13.9. The van der Waals surface area contributed by atoms with Crippen molar-refractivity contribution in [2.45, 2.75) is 25.3 Å². The average Bonchev–Trinajstić information content (AvgIpc) is 2.91. The number of benzene rings is 3. The summed E-state index contributed by atoms with van der Waals surface area (Å²) >= 11 is 1.11. The molecule has 0 saturated heterocycles. The molecule has 146 valence electrons. The van der Waals surface area contributed by atoms with Gasteiger partial charge < -0.3 is 10.6 Å². The van der Waals surface area contributed by atoms with E-state index < -0.39 is 4.87 Å². The topological polar surface area (TPSA) is 70.2 Å². The van der Waals surface area contributed by atoms with Crippen molar-refractivity contribution in [1.29, 1.82) is 5.41 Å². The van der Waals surface area contributed by atoms with Gasteiger partial charge in [-0.3, -0.25) is 10.2 Å². The summed E-state index contributed by atoms with van der Waals surface area (Å²) in [6, 6.07) is 23.5. The lowest BCUT2D eigenvalue weighted by Gasteiger charge is -2.24. The van der Waals surface area contributed by atoms with Gasteiger partial charge in [0, 0.05) is 11.1 Å². The highest BCUT2D eigenvalue weighted by molar-refractivity contribution is 8.15. The normalized spacial score (nSPS) is 18.0. The van der Waals surface area contributed by atoms with Crippen LogP contribution >= 0.6 is 11.8 Å². The van der Waals surface area contributed by atoms with Crippen molar-refractivity contribution in [2.75, 3.05) is 4.90 Å². The number of rotatable bonds is 4. The van der Waals surface area contributed by atoms with Crippen LogP contribution in [0.15, 0.2) is 72.8 Å². The molecule has 29 heavy (non-hydrogen) atoms. The maximum absolute atomic E-state index is 13.5. The van der Waals surface area contributed by atoms with E-state index in [0.717, 1.165) is 45.3 Å². The Morgan fingerprint density at radius 3 is 2.34 bits per heavy atom. The largest absolute Gasteiger partial charge is 0.305 e. The van der Waals surface area contributed by atoms with Gasteiger partial charge in [-0.05, 0) is 25.5 Å². The number of thioether (sulfide) groups is 1. The van der Waals surface area contributed by atoms with Gasteiger partial charge in [0.1, 0.15) is 0 Å². The quantitative estimate of drug-likeness (QED) is 0.377. The molecule has 0 aliphatic carbocycles. The van der Waals surface area contributed by atoms with Gasteiger partial charge in [0.15, 0.2) is 4.87 Å². The Labute approximate surface area is 175 Å². The Balaban J connectivity index is 1.71. The predicted molar refractivity (Wildman–Crippen MR) is 120 cm³/mol. The van der Waals surface area contributed by atoms with Gasteiger partial charge in [-0.25, -0.2) is 0 Å². The number of hydrogen-bond acceptors (Lipinski definition) is 4. The Kier molecular flexibility index (Phi) is 5.03. The summed E-state index contributed by atoms with van der Waals surface area (Å²) in [7, 11) is 0. The lowest BCUT2D eigenvalue weighted by molar-refractivity contribution is -0.120. The van der Waals surface area contributed by atoms with E-state index in [4.69, 9.17) is 11.1 Å². The van der Waals surface area contributed by atoms with E-state index in [-0.39, 0.29) is 11.0 Å². The van der Waals surface area contributed by atoms with Crippen molar-refractivity contribution in [3.63, 3.8) is 0 Å². The van der Waals surface area contributed by atoms with Crippen LogP contribution in [0.1, 0.15) is 27.8 Å². The lowest BCUT2D eigenvalue weighted by atomic mass is 10.1. The molecular weight excluding hydrogens is 378 g/mol. The van der Waals surface area contributed by atoms with Crippen molar-refractivity contribution in [1.82, 2.24) is 0 Å². The smallest absolute Gasteiger partial charge is 0.263 e. The predicted octanol–water partition coefficient (Wildman–Crippen LogP) is 4.72. The van der Waals surface area contributed by atoms with E-state index >= 15 is 0 Å². The second kappa shape index (κ2) is 7.50. The zero-order valence-corrected chi connectivity index (χ0v) is 17.3. The van der Waals surface area contributed by atoms with Crippen LogP contribution in [0.3, 0.4) is 0 Å². The maximum Gasteiger partial charge on any atom is 0.263 e. The van der Waals surface area contributed by atoms with Crippen LogP contribution in [0.4, 0.5) is 5.69 Å². The first-order chi connectivity index (χ1) is 13.9. The van der Waals surface area contributed by atoms with Crippen LogP contribution in [0.5, 0.6) is 0 Å². The number of aryl methyl sites for hydroxylation is 2. The fraction of sp³-hybridized carbons (Fsp3) is 0.167. The molecule has 1 heterocycles. The van der Waals surface area contributed by atoms with Crippen molar-refractivity contribution in [3.05, 3.63) is 101 Å². The number of hydrogen-bond donors (Lipinski definition) is 2. The van der Waals surface area contributed by atoms with Gasteiger partial charge in [0.05, 0.1) is 17.3 Å². The number of nitrogens with one attached hydrogen (secondary N) is 1. The third-order valence-corrected chi connectivity index (χ3v) is 6.32. The Morgan fingerprint density at radius 2 is 1.66 bits per heavy atom. The summed E-state index contributed by atoms with van der Waals surface area (Å²) in [6.07, 6.45) is 0. The molecule has 1 unspecified atom stereocenters. The van der Waals surface area contributed by atoms with Crippen LogP contribution in [-0.2, 0) is 16.2 Å². The third-order valence-electron chi connectivity index (χ3n) is 5.17. The Hall–Kier alpha value is -2.89. The number of carbonyl (C=O) groups is 1. The highest BCUT2D eigenvalue weighted by Gasteiger charge is 2.49. The summed E-state index contributed by atoms with van der Waals surface area (Å²) < 4.78 is 0. The molecule has 1 atom stereocenters. The van der Waals surface area contributed by atoms with E-state index in [1.807, 2.05) is 86.6 Å². The lowest BCUT2D eigenvalue weighted by Crippen LogP contribution is -2.45. The molecule has 3 aromatic carbocycles. The molecular formula is C24H23N3OS. The first-order valence-corrected chi connectivity index (χ1v) is 10.3. The van der Waals surface area contributed by atoms with Gasteiger partial charge >= 0.3 is 0 Å². The molecule has 0 aromatic heterocycles. The molecule has 5 heteroatoms. The number of fused-ring (bicyclic) bond motifs is 1. The Morgan fingerprint density at radius 1 is 1.00 bits per heavy atom. The SMILES string of the molecule is Cc1ccc(C(=N)SC2(N)C(=O)N(Cc3ccccc3)c3ccc(C)cc32)cc1. The second-order valence-corrected chi connectivity index (χ2v) is 8.69. The van der Waals surface area contributed by atoms with E-state index in [1.54, 1.807) is 4.90 Å². The average molecular weight is 402 g/mol. The van der Waals surface area contributed by atoms with E-state index in [1.165, 1.54) is 0 Å². The standard InChI is InChI=1S/C24H23N3OS/c1-16-8-11-19(12-9-16)22(25)29-24(26)20-14-17(2)10-13-21(20)27(23(24)28)15-18-6-4-3-5-7-18/h3-14,25H,15,26H2,1-2H3. The van der Waals surface area contributed by atoms with Gasteiger partial charge in [0.25, 0.3) is 5.91 Å². The zero-order valence-electron chi connectivity index (χ0n) is 16.5. The summed E-state index contributed by atoms with van der Waals surface area (Å²) in [5.41, 5.74) is 12.3. The fourth-order valence-corrected chi connectivity index (χ4v) is 4.60. The minimum atomic E-state index is -1.32. The van der Waals surface area contributed by atoms with E-state index in [9.17, 15) is 4.79 Å². The van der Waals surface area contributed by atoms with Crippen LogP contribution in [0.2, 0.25) is 0 Å². The number of nitrogens with zero attached hydrogens (tertiary/aromatic N) is 1. The summed E-state index contributed by atoms with van der Waals surface area (Å²) in [5.74, 6) is -0.191. The number of nitrogens with two attached hydrogens (primary N) is 1. The van der Waals surface area contributed by atoms with Crippen molar-refractivity contribution >= 4 is 28.4 Å². The summed E-state index contributed by atoms with van der Waals surface area (Å²) in [6.45, 7) is 4.44. The highest BCUT2D eigenvalue weighted by Crippen LogP contribution is 2.47. The monoisotopic (exact) mass is 401 g/mol. The second-order valence-electron chi connectivity index (χ2n) is 7.43. The van der Waals surface area contributed by atoms with Crippen molar-refractivity contribution in [3.8, 4) is 0 Å². The third kappa shape index (κ3) is 3.59. The zero-order chi connectivity index (χ0) is 20.6. The summed E-state index contributed by atoms with van der Waals surface area (Å²) in [5, 5.41) is 8.86. The van der Waals surface area contributed by atoms with E-state index in [0.29, 0.717) is 6.54 Å². The number of carbonyl (C=O) groups excluding carboxylic acids is 1. The molecule has 0 bridgehead atoms. The molecule has 3 N–H and O–H groups in total. The fourth-order valence-electron chi connectivity index (χ4n) is 3.55. The van der Waals surface area contributed by atoms with E-state index in [2.05, 4.69) is 0 Å². The first-order valence-electron chi connectivity index (χ1n) is 9.49. The molecule has 1 amide bonds. The number of anilines is 1.